The van der Waals surface area contributed by atoms with Crippen LogP contribution in [0.5, 0.6) is 0 Å². The van der Waals surface area contributed by atoms with Crippen LogP contribution in [-0.2, 0) is 0 Å². The quantitative estimate of drug-likeness (QED) is 0.399. The first-order valence-corrected chi connectivity index (χ1v) is 6.41. The van der Waals surface area contributed by atoms with Gasteiger partial charge in [0.05, 0.1) is 17.4 Å². The highest BCUT2D eigenvalue weighted by Crippen LogP contribution is 2.37. The Labute approximate surface area is 109 Å². The number of nitrogens with one attached hydrogen (secondary N) is 1. The third-order valence-corrected chi connectivity index (χ3v) is 4.03. The Hall–Kier alpha value is -2.61. The van der Waals surface area contributed by atoms with Crippen LogP contribution in [0, 0.1) is 0 Å². The normalized spacial score (nSPS) is 12.2. The number of hydrogen-bond acceptors (Lipinski definition) is 1. The van der Waals surface area contributed by atoms with Crippen LogP contribution in [-0.4, -0.2) is 9.97 Å². The first kappa shape index (κ1) is 9.34. The molecule has 0 amide bonds. The number of rotatable bonds is 0. The molecule has 4 aromatic carbocycles. The van der Waals surface area contributed by atoms with E-state index < -0.39 is 0 Å². The van der Waals surface area contributed by atoms with E-state index in [1.165, 1.54) is 32.3 Å². The van der Waals surface area contributed by atoms with E-state index in [0.29, 0.717) is 0 Å². The summed E-state index contributed by atoms with van der Waals surface area (Å²) in [6.45, 7) is 0. The standard InChI is InChI=1S/C17H10N2/c1-2-10-4-5-12-8-14-17(19-9-18-14)13-7-6-11(3-1)15(10)16(12)13/h1-9H,(H,18,19). The maximum absolute atomic E-state index is 4.47. The van der Waals surface area contributed by atoms with Gasteiger partial charge in [0.1, 0.15) is 0 Å². The summed E-state index contributed by atoms with van der Waals surface area (Å²) in [5.41, 5.74) is 2.16. The van der Waals surface area contributed by atoms with Crippen LogP contribution in [0.15, 0.2) is 54.9 Å². The minimum Gasteiger partial charge on any atom is -0.345 e. The van der Waals surface area contributed by atoms with Crippen molar-refractivity contribution >= 4 is 43.4 Å². The van der Waals surface area contributed by atoms with E-state index in [2.05, 4.69) is 58.5 Å². The third-order valence-electron chi connectivity index (χ3n) is 4.03. The van der Waals surface area contributed by atoms with Gasteiger partial charge < -0.3 is 4.98 Å². The van der Waals surface area contributed by atoms with Crippen molar-refractivity contribution in [3.05, 3.63) is 54.9 Å². The zero-order valence-electron chi connectivity index (χ0n) is 10.1. The van der Waals surface area contributed by atoms with Gasteiger partial charge in [-0.3, -0.25) is 0 Å². The second-order valence-corrected chi connectivity index (χ2v) is 5.03. The smallest absolute Gasteiger partial charge is 0.0961 e. The van der Waals surface area contributed by atoms with Gasteiger partial charge in [-0.25, -0.2) is 4.98 Å². The number of aromatic nitrogens is 2. The lowest BCUT2D eigenvalue weighted by atomic mass is 9.94. The van der Waals surface area contributed by atoms with Crippen LogP contribution >= 0.6 is 0 Å². The Balaban J connectivity index is 2.27. The SMILES string of the molecule is c1cc2ccc3cc4[nH]cnc4c4ccc(c1)c2c34. The lowest BCUT2D eigenvalue weighted by Crippen LogP contribution is -1.84. The molecule has 0 spiro atoms. The van der Waals surface area contributed by atoms with E-state index in [-0.39, 0.29) is 0 Å². The van der Waals surface area contributed by atoms with Crippen molar-refractivity contribution < 1.29 is 0 Å². The summed E-state index contributed by atoms with van der Waals surface area (Å²) in [5.74, 6) is 0. The van der Waals surface area contributed by atoms with Crippen molar-refractivity contribution in [3.8, 4) is 0 Å². The molecule has 0 aliphatic rings. The first-order valence-electron chi connectivity index (χ1n) is 6.41. The van der Waals surface area contributed by atoms with Crippen LogP contribution in [0.2, 0.25) is 0 Å². The van der Waals surface area contributed by atoms with E-state index in [1.807, 2.05) is 0 Å². The summed E-state index contributed by atoms with van der Waals surface area (Å²) >= 11 is 0. The van der Waals surface area contributed by atoms with Crippen molar-refractivity contribution in [2.24, 2.45) is 0 Å². The van der Waals surface area contributed by atoms with Crippen LogP contribution in [0.3, 0.4) is 0 Å². The van der Waals surface area contributed by atoms with Gasteiger partial charge in [0.2, 0.25) is 0 Å². The average molecular weight is 242 g/mol. The van der Waals surface area contributed by atoms with E-state index in [0.717, 1.165) is 11.0 Å². The molecule has 1 aromatic heterocycles. The molecule has 2 heteroatoms. The first-order chi connectivity index (χ1) is 9.42. The van der Waals surface area contributed by atoms with Gasteiger partial charge in [-0.1, -0.05) is 42.5 Å². The summed E-state index contributed by atoms with van der Waals surface area (Å²) < 4.78 is 0. The van der Waals surface area contributed by atoms with E-state index >= 15 is 0 Å². The van der Waals surface area contributed by atoms with E-state index in [9.17, 15) is 0 Å². The van der Waals surface area contributed by atoms with Crippen molar-refractivity contribution in [1.29, 1.82) is 0 Å². The van der Waals surface area contributed by atoms with Gasteiger partial charge >= 0.3 is 0 Å². The van der Waals surface area contributed by atoms with E-state index in [1.54, 1.807) is 6.33 Å². The molecule has 0 aliphatic carbocycles. The number of hydrogen-bond donors (Lipinski definition) is 1. The molecule has 88 valence electrons. The second-order valence-electron chi connectivity index (χ2n) is 5.03. The molecule has 0 saturated carbocycles. The minimum atomic E-state index is 1.06. The summed E-state index contributed by atoms with van der Waals surface area (Å²) in [4.78, 5) is 7.68. The number of benzene rings is 4. The molecule has 5 rings (SSSR count). The van der Waals surface area contributed by atoms with Gasteiger partial charge in [-0.05, 0) is 33.0 Å². The Bertz CT molecular complexity index is 1040. The minimum absolute atomic E-state index is 1.06. The predicted octanol–water partition coefficient (Wildman–Crippen LogP) is 4.46. The van der Waals surface area contributed by atoms with Crippen LogP contribution in [0.1, 0.15) is 0 Å². The Morgan fingerprint density at radius 2 is 1.58 bits per heavy atom. The lowest BCUT2D eigenvalue weighted by molar-refractivity contribution is 1.35. The lowest BCUT2D eigenvalue weighted by Gasteiger charge is -2.10. The van der Waals surface area contributed by atoms with Crippen LogP contribution in [0.4, 0.5) is 0 Å². The summed E-state index contributed by atoms with van der Waals surface area (Å²) in [6, 6.07) is 17.4. The number of aromatic amines is 1. The van der Waals surface area contributed by atoms with Gasteiger partial charge in [-0.15, -0.1) is 0 Å². The summed E-state index contributed by atoms with van der Waals surface area (Å²) in [5, 5.41) is 7.78. The highest BCUT2D eigenvalue weighted by atomic mass is 14.9. The van der Waals surface area contributed by atoms with Crippen molar-refractivity contribution in [2.75, 3.05) is 0 Å². The van der Waals surface area contributed by atoms with Crippen molar-refractivity contribution in [2.45, 2.75) is 0 Å². The molecule has 5 aromatic rings. The fraction of sp³-hybridized carbons (Fsp3) is 0. The molecule has 19 heavy (non-hydrogen) atoms. The molecule has 0 saturated heterocycles. The molecule has 0 fully saturated rings. The average Bonchev–Trinajstić information content (AvgIpc) is 2.92. The van der Waals surface area contributed by atoms with Gasteiger partial charge in [0.15, 0.2) is 0 Å². The summed E-state index contributed by atoms with van der Waals surface area (Å²) in [6.07, 6.45) is 1.77. The topological polar surface area (TPSA) is 28.7 Å². The van der Waals surface area contributed by atoms with E-state index in [4.69, 9.17) is 0 Å². The third kappa shape index (κ3) is 1.04. The summed E-state index contributed by atoms with van der Waals surface area (Å²) in [7, 11) is 0. The van der Waals surface area contributed by atoms with Crippen molar-refractivity contribution in [1.82, 2.24) is 9.97 Å². The van der Waals surface area contributed by atoms with Gasteiger partial charge in [0, 0.05) is 5.39 Å². The molecular formula is C17H10N2. The monoisotopic (exact) mass is 242 g/mol. The fourth-order valence-corrected chi connectivity index (χ4v) is 3.21. The Kier molecular flexibility index (Phi) is 1.49. The second kappa shape index (κ2) is 3.04. The Morgan fingerprint density at radius 1 is 0.789 bits per heavy atom. The molecular weight excluding hydrogens is 232 g/mol. The molecule has 0 atom stereocenters. The maximum Gasteiger partial charge on any atom is 0.0961 e. The molecule has 0 unspecified atom stereocenters. The maximum atomic E-state index is 4.47. The number of nitrogens with zero attached hydrogens (tertiary/aromatic N) is 1. The molecule has 2 nitrogen and oxygen atoms in total. The zero-order chi connectivity index (χ0) is 12.4. The predicted molar refractivity (Wildman–Crippen MR) is 79.8 cm³/mol. The molecule has 1 N–H and O–H groups in total. The molecule has 0 radical (unpaired) electrons. The van der Waals surface area contributed by atoms with Gasteiger partial charge in [-0.2, -0.15) is 0 Å². The number of H-pyrrole nitrogens is 1. The molecule has 0 bridgehead atoms. The number of imidazole rings is 1. The number of fused-ring (bicyclic) bond motifs is 2. The molecule has 1 heterocycles. The zero-order valence-corrected chi connectivity index (χ0v) is 10.1. The van der Waals surface area contributed by atoms with Crippen LogP contribution in [0.25, 0.3) is 43.4 Å². The molecule has 0 aliphatic heterocycles. The highest BCUT2D eigenvalue weighted by Gasteiger charge is 2.11. The highest BCUT2D eigenvalue weighted by molar-refractivity contribution is 6.27. The van der Waals surface area contributed by atoms with Crippen molar-refractivity contribution in [3.63, 3.8) is 0 Å². The van der Waals surface area contributed by atoms with Crippen LogP contribution < -0.4 is 0 Å². The van der Waals surface area contributed by atoms with Gasteiger partial charge in [0.25, 0.3) is 0 Å². The Morgan fingerprint density at radius 3 is 2.47 bits per heavy atom. The fourth-order valence-electron chi connectivity index (χ4n) is 3.21. The largest absolute Gasteiger partial charge is 0.345 e.